The molecule has 20 heavy (non-hydrogen) atoms. The molecule has 1 aromatic rings. The van der Waals surface area contributed by atoms with E-state index in [0.29, 0.717) is 23.9 Å². The van der Waals surface area contributed by atoms with Gasteiger partial charge in [0, 0.05) is 19.6 Å². The van der Waals surface area contributed by atoms with Crippen LogP contribution < -0.4 is 5.32 Å². The Hall–Kier alpha value is -0.910. The molecule has 1 fully saturated rings. The number of benzene rings is 1. The van der Waals surface area contributed by atoms with E-state index in [9.17, 15) is 8.42 Å². The van der Waals surface area contributed by atoms with Crippen LogP contribution in [0.25, 0.3) is 0 Å². The second kappa shape index (κ2) is 6.70. The van der Waals surface area contributed by atoms with E-state index >= 15 is 0 Å². The molecule has 0 spiro atoms. The molecule has 2 rings (SSSR count). The first kappa shape index (κ1) is 15.5. The van der Waals surface area contributed by atoms with E-state index in [2.05, 4.69) is 12.2 Å². The lowest BCUT2D eigenvalue weighted by Crippen LogP contribution is -2.39. The molecule has 0 aliphatic carbocycles. The minimum absolute atomic E-state index is 0.411. The van der Waals surface area contributed by atoms with Gasteiger partial charge >= 0.3 is 0 Å². The van der Waals surface area contributed by atoms with Crippen molar-refractivity contribution in [3.63, 3.8) is 0 Å². The van der Waals surface area contributed by atoms with Crippen LogP contribution in [0.3, 0.4) is 0 Å². The Balaban J connectivity index is 2.16. The summed E-state index contributed by atoms with van der Waals surface area (Å²) in [6.07, 6.45) is 3.16. The molecule has 0 aromatic heterocycles. The first-order valence-electron chi connectivity index (χ1n) is 7.31. The second-order valence-corrected chi connectivity index (χ2v) is 7.39. The van der Waals surface area contributed by atoms with Crippen molar-refractivity contribution in [3.8, 4) is 0 Å². The van der Waals surface area contributed by atoms with Gasteiger partial charge in [0.2, 0.25) is 10.0 Å². The highest BCUT2D eigenvalue weighted by atomic mass is 32.2. The Kier molecular flexibility index (Phi) is 5.18. The molecule has 0 amide bonds. The van der Waals surface area contributed by atoms with E-state index in [1.165, 1.54) is 0 Å². The quantitative estimate of drug-likeness (QED) is 0.906. The molecule has 1 aliphatic heterocycles. The van der Waals surface area contributed by atoms with E-state index in [4.69, 9.17) is 0 Å². The highest BCUT2D eigenvalue weighted by molar-refractivity contribution is 7.89. The summed E-state index contributed by atoms with van der Waals surface area (Å²) >= 11 is 0. The fourth-order valence-electron chi connectivity index (χ4n) is 2.71. The third kappa shape index (κ3) is 3.40. The minimum atomic E-state index is -3.32. The van der Waals surface area contributed by atoms with Crippen molar-refractivity contribution in [1.29, 1.82) is 0 Å². The maximum absolute atomic E-state index is 12.6. The van der Waals surface area contributed by atoms with Gasteiger partial charge in [-0.1, -0.05) is 25.5 Å². The Morgan fingerprint density at radius 1 is 1.30 bits per heavy atom. The molecule has 1 aromatic carbocycles. The van der Waals surface area contributed by atoms with Gasteiger partial charge < -0.3 is 5.32 Å². The molecule has 1 heterocycles. The standard InChI is InChI=1S/C15H24N2O2S/c1-3-13-5-4-10-17(12-13)20(18,19)15-8-6-14(7-9-15)11-16-2/h6-9,13,16H,3-5,10-12H2,1-2H3. The van der Waals surface area contributed by atoms with Gasteiger partial charge in [0.05, 0.1) is 4.90 Å². The van der Waals surface area contributed by atoms with Crippen molar-refractivity contribution >= 4 is 10.0 Å². The molecule has 4 nitrogen and oxygen atoms in total. The van der Waals surface area contributed by atoms with E-state index in [1.54, 1.807) is 16.4 Å². The lowest BCUT2D eigenvalue weighted by atomic mass is 9.97. The third-order valence-electron chi connectivity index (χ3n) is 4.00. The predicted octanol–water partition coefficient (Wildman–Crippen LogP) is 2.22. The summed E-state index contributed by atoms with van der Waals surface area (Å²) in [5.74, 6) is 0.502. The number of hydrogen-bond acceptors (Lipinski definition) is 3. The molecule has 0 saturated carbocycles. The van der Waals surface area contributed by atoms with Gasteiger partial charge in [0.25, 0.3) is 0 Å². The van der Waals surface area contributed by atoms with Gasteiger partial charge in [-0.15, -0.1) is 0 Å². The van der Waals surface area contributed by atoms with Gasteiger partial charge in [-0.2, -0.15) is 4.31 Å². The summed E-state index contributed by atoms with van der Waals surface area (Å²) in [6, 6.07) is 7.20. The molecule has 1 N–H and O–H groups in total. The normalized spacial score (nSPS) is 21.0. The summed E-state index contributed by atoms with van der Waals surface area (Å²) < 4.78 is 26.9. The van der Waals surface area contributed by atoms with Gasteiger partial charge in [0.15, 0.2) is 0 Å². The zero-order valence-corrected chi connectivity index (χ0v) is 13.1. The maximum atomic E-state index is 12.6. The second-order valence-electron chi connectivity index (χ2n) is 5.45. The van der Waals surface area contributed by atoms with Crippen LogP contribution in [0.4, 0.5) is 0 Å². The molecule has 1 unspecified atom stereocenters. The van der Waals surface area contributed by atoms with Crippen LogP contribution in [0, 0.1) is 5.92 Å². The average Bonchev–Trinajstić information content (AvgIpc) is 2.48. The maximum Gasteiger partial charge on any atom is 0.243 e. The molecule has 1 aliphatic rings. The average molecular weight is 296 g/mol. The van der Waals surface area contributed by atoms with Crippen LogP contribution >= 0.6 is 0 Å². The number of hydrogen-bond donors (Lipinski definition) is 1. The monoisotopic (exact) mass is 296 g/mol. The summed E-state index contributed by atoms with van der Waals surface area (Å²) in [5.41, 5.74) is 1.09. The van der Waals surface area contributed by atoms with Crippen molar-refractivity contribution in [2.75, 3.05) is 20.1 Å². The van der Waals surface area contributed by atoms with Crippen molar-refractivity contribution in [1.82, 2.24) is 9.62 Å². The third-order valence-corrected chi connectivity index (χ3v) is 5.88. The van der Waals surface area contributed by atoms with E-state index in [-0.39, 0.29) is 0 Å². The van der Waals surface area contributed by atoms with Crippen LogP contribution in [0.5, 0.6) is 0 Å². The smallest absolute Gasteiger partial charge is 0.243 e. The van der Waals surface area contributed by atoms with Crippen molar-refractivity contribution < 1.29 is 8.42 Å². The van der Waals surface area contributed by atoms with Gasteiger partial charge in [-0.25, -0.2) is 8.42 Å². The zero-order chi connectivity index (χ0) is 14.6. The van der Waals surface area contributed by atoms with E-state index in [0.717, 1.165) is 31.4 Å². The molecule has 0 radical (unpaired) electrons. The summed E-state index contributed by atoms with van der Waals surface area (Å²) in [6.45, 7) is 4.20. The minimum Gasteiger partial charge on any atom is -0.316 e. The number of sulfonamides is 1. The largest absolute Gasteiger partial charge is 0.316 e. The molecule has 1 atom stereocenters. The van der Waals surface area contributed by atoms with Gasteiger partial charge in [0.1, 0.15) is 0 Å². The first-order chi connectivity index (χ1) is 9.57. The van der Waals surface area contributed by atoms with E-state index in [1.807, 2.05) is 19.2 Å². The Bertz CT molecular complexity index is 525. The molecule has 0 bridgehead atoms. The van der Waals surface area contributed by atoms with Crippen LogP contribution in [0.2, 0.25) is 0 Å². The highest BCUT2D eigenvalue weighted by Crippen LogP contribution is 2.25. The molecule has 112 valence electrons. The fourth-order valence-corrected chi connectivity index (χ4v) is 4.27. The lowest BCUT2D eigenvalue weighted by Gasteiger charge is -2.31. The Morgan fingerprint density at radius 3 is 2.60 bits per heavy atom. The first-order valence-corrected chi connectivity index (χ1v) is 8.75. The predicted molar refractivity (Wildman–Crippen MR) is 81.0 cm³/mol. The Morgan fingerprint density at radius 2 is 2.00 bits per heavy atom. The topological polar surface area (TPSA) is 49.4 Å². The number of nitrogens with one attached hydrogen (secondary N) is 1. The zero-order valence-electron chi connectivity index (χ0n) is 12.3. The van der Waals surface area contributed by atoms with Crippen molar-refractivity contribution in [2.24, 2.45) is 5.92 Å². The van der Waals surface area contributed by atoms with Gasteiger partial charge in [-0.3, -0.25) is 0 Å². The van der Waals surface area contributed by atoms with Crippen LogP contribution in [0.1, 0.15) is 31.7 Å². The molecular weight excluding hydrogens is 272 g/mol. The number of nitrogens with zero attached hydrogens (tertiary/aromatic N) is 1. The Labute approximate surface area is 122 Å². The lowest BCUT2D eigenvalue weighted by molar-refractivity contribution is 0.261. The van der Waals surface area contributed by atoms with Crippen molar-refractivity contribution in [3.05, 3.63) is 29.8 Å². The van der Waals surface area contributed by atoms with Crippen molar-refractivity contribution in [2.45, 2.75) is 37.6 Å². The summed E-state index contributed by atoms with van der Waals surface area (Å²) in [7, 11) is -1.45. The van der Waals surface area contributed by atoms with Crippen LogP contribution in [-0.2, 0) is 16.6 Å². The molecular formula is C15H24N2O2S. The van der Waals surface area contributed by atoms with E-state index < -0.39 is 10.0 Å². The highest BCUT2D eigenvalue weighted by Gasteiger charge is 2.29. The van der Waals surface area contributed by atoms with Crippen LogP contribution in [0.15, 0.2) is 29.2 Å². The fraction of sp³-hybridized carbons (Fsp3) is 0.600. The summed E-state index contributed by atoms with van der Waals surface area (Å²) in [5, 5.41) is 3.06. The SMILES string of the molecule is CCC1CCCN(S(=O)(=O)c2ccc(CNC)cc2)C1. The van der Waals surface area contributed by atoms with Gasteiger partial charge in [-0.05, 0) is 43.5 Å². The number of piperidine rings is 1. The number of rotatable bonds is 5. The molecule has 5 heteroatoms. The summed E-state index contributed by atoms with van der Waals surface area (Å²) in [4.78, 5) is 0.411. The van der Waals surface area contributed by atoms with Crippen LogP contribution in [-0.4, -0.2) is 32.9 Å². The molecule has 1 saturated heterocycles.